The zero-order valence-corrected chi connectivity index (χ0v) is 8.61. The van der Waals surface area contributed by atoms with Crippen LogP contribution in [0.15, 0.2) is 0 Å². The number of aromatic nitrogens is 1. The number of thiazole rings is 1. The van der Waals surface area contributed by atoms with E-state index >= 15 is 0 Å². The molecule has 0 saturated carbocycles. The molecule has 0 atom stereocenters. The minimum absolute atomic E-state index is 0.553. The van der Waals surface area contributed by atoms with Crippen molar-refractivity contribution in [2.45, 2.75) is 13.8 Å². The van der Waals surface area contributed by atoms with E-state index in [-0.39, 0.29) is 0 Å². The molecule has 72 valence electrons. The molecular weight excluding hydrogens is 191 g/mol. The summed E-state index contributed by atoms with van der Waals surface area (Å²) in [6, 6.07) is 0. The quantitative estimate of drug-likeness (QED) is 0.731. The molecule has 0 unspecified atom stereocenters. The van der Waals surface area contributed by atoms with Crippen molar-refractivity contribution in [3.8, 4) is 0 Å². The summed E-state index contributed by atoms with van der Waals surface area (Å²) in [6.07, 6.45) is 0. The molecule has 0 aliphatic rings. The van der Waals surface area contributed by atoms with E-state index in [0.29, 0.717) is 5.13 Å². The second-order valence-electron chi connectivity index (χ2n) is 2.72. The Labute approximate surface area is 80.2 Å². The third kappa shape index (κ3) is 2.03. The fraction of sp³-hybridized carbons (Fsp3) is 0.500. The fourth-order valence-corrected chi connectivity index (χ4v) is 1.68. The molecule has 1 rings (SSSR count). The first kappa shape index (κ1) is 10.1. The van der Waals surface area contributed by atoms with Gasteiger partial charge in [0.2, 0.25) is 0 Å². The SMILES string of the molecule is Cc1nc(N(C)C(=O)CF)sc1C. The lowest BCUT2D eigenvalue weighted by Crippen LogP contribution is -2.27. The van der Waals surface area contributed by atoms with E-state index in [0.717, 1.165) is 10.6 Å². The van der Waals surface area contributed by atoms with Gasteiger partial charge in [0.1, 0.15) is 0 Å². The zero-order chi connectivity index (χ0) is 10.0. The Kier molecular flexibility index (Phi) is 2.98. The Morgan fingerprint density at radius 1 is 1.62 bits per heavy atom. The van der Waals surface area contributed by atoms with Crippen LogP contribution in [-0.4, -0.2) is 24.6 Å². The maximum atomic E-state index is 12.0. The molecule has 0 radical (unpaired) electrons. The van der Waals surface area contributed by atoms with E-state index in [2.05, 4.69) is 4.98 Å². The summed E-state index contributed by atoms with van der Waals surface area (Å²) in [7, 11) is 1.53. The molecule has 1 amide bonds. The third-order valence-electron chi connectivity index (χ3n) is 1.79. The first-order valence-electron chi connectivity index (χ1n) is 3.82. The van der Waals surface area contributed by atoms with E-state index in [1.165, 1.54) is 23.3 Å². The fourth-order valence-electron chi connectivity index (χ4n) is 0.796. The lowest BCUT2D eigenvalue weighted by atomic mass is 10.4. The van der Waals surface area contributed by atoms with Gasteiger partial charge in [0.25, 0.3) is 5.91 Å². The van der Waals surface area contributed by atoms with E-state index in [1.807, 2.05) is 13.8 Å². The highest BCUT2D eigenvalue weighted by Gasteiger charge is 2.14. The van der Waals surface area contributed by atoms with Gasteiger partial charge in [0, 0.05) is 11.9 Å². The Balaban J connectivity index is 2.89. The molecule has 13 heavy (non-hydrogen) atoms. The number of anilines is 1. The van der Waals surface area contributed by atoms with Crippen molar-refractivity contribution < 1.29 is 9.18 Å². The highest BCUT2D eigenvalue weighted by Crippen LogP contribution is 2.24. The van der Waals surface area contributed by atoms with Crippen molar-refractivity contribution in [1.29, 1.82) is 0 Å². The molecule has 0 aliphatic heterocycles. The number of rotatable bonds is 2. The van der Waals surface area contributed by atoms with Gasteiger partial charge in [-0.05, 0) is 13.8 Å². The molecule has 0 N–H and O–H groups in total. The van der Waals surface area contributed by atoms with Gasteiger partial charge in [-0.3, -0.25) is 9.69 Å². The van der Waals surface area contributed by atoms with Crippen LogP contribution in [0.25, 0.3) is 0 Å². The van der Waals surface area contributed by atoms with Crippen LogP contribution in [0.4, 0.5) is 9.52 Å². The molecule has 5 heteroatoms. The molecule has 1 aromatic heterocycles. The van der Waals surface area contributed by atoms with Gasteiger partial charge < -0.3 is 0 Å². The minimum atomic E-state index is -0.978. The Hall–Kier alpha value is -0.970. The summed E-state index contributed by atoms with van der Waals surface area (Å²) in [4.78, 5) is 17.4. The molecule has 0 spiro atoms. The summed E-state index contributed by atoms with van der Waals surface area (Å²) in [5.74, 6) is -0.561. The second-order valence-corrected chi connectivity index (χ2v) is 3.91. The number of hydrogen-bond donors (Lipinski definition) is 0. The van der Waals surface area contributed by atoms with Crippen LogP contribution in [0.1, 0.15) is 10.6 Å². The van der Waals surface area contributed by atoms with Gasteiger partial charge in [-0.1, -0.05) is 0 Å². The molecule has 0 saturated heterocycles. The molecule has 0 aromatic carbocycles. The van der Waals surface area contributed by atoms with Crippen molar-refractivity contribution in [1.82, 2.24) is 4.98 Å². The van der Waals surface area contributed by atoms with Crippen molar-refractivity contribution in [2.24, 2.45) is 0 Å². The molecule has 0 bridgehead atoms. The van der Waals surface area contributed by atoms with Crippen LogP contribution in [0, 0.1) is 13.8 Å². The highest BCUT2D eigenvalue weighted by atomic mass is 32.1. The van der Waals surface area contributed by atoms with E-state index in [9.17, 15) is 9.18 Å². The molecule has 1 heterocycles. The number of carbonyl (C=O) groups is 1. The molecule has 3 nitrogen and oxygen atoms in total. The number of hydrogen-bond acceptors (Lipinski definition) is 3. The first-order chi connectivity index (χ1) is 6.06. The number of alkyl halides is 1. The van der Waals surface area contributed by atoms with E-state index in [1.54, 1.807) is 0 Å². The predicted molar refractivity (Wildman–Crippen MR) is 51.0 cm³/mol. The van der Waals surface area contributed by atoms with Crippen LogP contribution >= 0.6 is 11.3 Å². The summed E-state index contributed by atoms with van der Waals surface area (Å²) < 4.78 is 12.0. The maximum Gasteiger partial charge on any atom is 0.259 e. The van der Waals surface area contributed by atoms with Crippen molar-refractivity contribution in [2.75, 3.05) is 18.6 Å². The number of carbonyl (C=O) groups excluding carboxylic acids is 1. The normalized spacial score (nSPS) is 10.2. The van der Waals surface area contributed by atoms with Crippen LogP contribution in [0.5, 0.6) is 0 Å². The average molecular weight is 202 g/mol. The summed E-state index contributed by atoms with van der Waals surface area (Å²) in [6.45, 7) is 2.81. The van der Waals surface area contributed by atoms with Gasteiger partial charge in [-0.15, -0.1) is 11.3 Å². The number of halogens is 1. The van der Waals surface area contributed by atoms with Crippen LogP contribution in [-0.2, 0) is 4.79 Å². The topological polar surface area (TPSA) is 33.2 Å². The van der Waals surface area contributed by atoms with Crippen molar-refractivity contribution in [3.05, 3.63) is 10.6 Å². The van der Waals surface area contributed by atoms with Gasteiger partial charge in [0.05, 0.1) is 5.69 Å². The molecular formula is C8H11FN2OS. The Morgan fingerprint density at radius 2 is 2.23 bits per heavy atom. The van der Waals surface area contributed by atoms with Gasteiger partial charge in [0.15, 0.2) is 11.8 Å². The summed E-state index contributed by atoms with van der Waals surface area (Å²) >= 11 is 1.39. The zero-order valence-electron chi connectivity index (χ0n) is 7.80. The standard InChI is InChI=1S/C8H11FN2OS/c1-5-6(2)13-8(10-5)11(3)7(12)4-9/h4H2,1-3H3. The number of aryl methyl sites for hydroxylation is 2. The highest BCUT2D eigenvalue weighted by molar-refractivity contribution is 7.15. The third-order valence-corrected chi connectivity index (χ3v) is 2.94. The lowest BCUT2D eigenvalue weighted by Gasteiger charge is -2.10. The Bertz CT molecular complexity index is 304. The number of amides is 1. The Morgan fingerprint density at radius 3 is 2.62 bits per heavy atom. The minimum Gasteiger partial charge on any atom is -0.289 e. The van der Waals surface area contributed by atoms with Crippen molar-refractivity contribution in [3.63, 3.8) is 0 Å². The average Bonchev–Trinajstić information content (AvgIpc) is 2.44. The predicted octanol–water partition coefficient (Wildman–Crippen LogP) is 1.69. The second kappa shape index (κ2) is 3.83. The monoisotopic (exact) mass is 202 g/mol. The molecule has 0 fully saturated rings. The summed E-state index contributed by atoms with van der Waals surface area (Å²) in [5.41, 5.74) is 0.888. The number of nitrogens with zero attached hydrogens (tertiary/aromatic N) is 2. The smallest absolute Gasteiger partial charge is 0.259 e. The lowest BCUT2D eigenvalue weighted by molar-refractivity contribution is -0.119. The summed E-state index contributed by atoms with van der Waals surface area (Å²) in [5, 5.41) is 0.553. The molecule has 0 aliphatic carbocycles. The maximum absolute atomic E-state index is 12.0. The van der Waals surface area contributed by atoms with Gasteiger partial charge in [-0.2, -0.15) is 0 Å². The van der Waals surface area contributed by atoms with Crippen LogP contribution in [0.2, 0.25) is 0 Å². The first-order valence-corrected chi connectivity index (χ1v) is 4.64. The van der Waals surface area contributed by atoms with E-state index in [4.69, 9.17) is 0 Å². The van der Waals surface area contributed by atoms with Crippen molar-refractivity contribution >= 4 is 22.4 Å². The van der Waals surface area contributed by atoms with Crippen LogP contribution in [0.3, 0.4) is 0 Å². The van der Waals surface area contributed by atoms with Crippen LogP contribution < -0.4 is 4.90 Å². The van der Waals surface area contributed by atoms with Gasteiger partial charge in [-0.25, -0.2) is 9.37 Å². The molecule has 1 aromatic rings. The van der Waals surface area contributed by atoms with Gasteiger partial charge >= 0.3 is 0 Å². The largest absolute Gasteiger partial charge is 0.289 e. The van der Waals surface area contributed by atoms with E-state index < -0.39 is 12.6 Å².